The third kappa shape index (κ3) is 2.18. The molecule has 2 aromatic rings. The van der Waals surface area contributed by atoms with Crippen molar-refractivity contribution < 1.29 is 13.9 Å². The second-order valence-corrected chi connectivity index (χ2v) is 3.24. The van der Waals surface area contributed by atoms with Crippen LogP contribution in [0.1, 0.15) is 5.56 Å². The first-order valence-corrected chi connectivity index (χ1v) is 4.81. The molecule has 0 saturated carbocycles. The van der Waals surface area contributed by atoms with E-state index in [-0.39, 0.29) is 5.56 Å². The number of carbonyl (C=O) groups is 1. The average Bonchev–Trinajstić information content (AvgIpc) is 2.35. The van der Waals surface area contributed by atoms with E-state index in [1.54, 1.807) is 24.3 Å². The number of hydrogen-bond donors (Lipinski definition) is 0. The van der Waals surface area contributed by atoms with Gasteiger partial charge in [-0.05, 0) is 24.1 Å². The Hall–Kier alpha value is -2.54. The Morgan fingerprint density at radius 1 is 1.35 bits per heavy atom. The maximum Gasteiger partial charge on any atom is 0.352 e. The van der Waals surface area contributed by atoms with Crippen molar-refractivity contribution in [2.24, 2.45) is 0 Å². The van der Waals surface area contributed by atoms with Gasteiger partial charge in [-0.2, -0.15) is 0 Å². The van der Waals surface area contributed by atoms with Gasteiger partial charge in [0, 0.05) is 11.5 Å². The lowest BCUT2D eigenvalue weighted by molar-refractivity contribution is -0.103. The molecule has 0 atom stereocenters. The molecule has 1 heterocycles. The SMILES string of the molecule is COc1ccc2cc(C#CC=O)c(=O)oc2c1. The summed E-state index contributed by atoms with van der Waals surface area (Å²) in [6.07, 6.45) is 0.428. The predicted molar refractivity (Wildman–Crippen MR) is 62.0 cm³/mol. The van der Waals surface area contributed by atoms with Crippen molar-refractivity contribution in [2.75, 3.05) is 7.11 Å². The number of aldehydes is 1. The molecule has 0 unspecified atom stereocenters. The average molecular weight is 228 g/mol. The molecule has 0 bridgehead atoms. The van der Waals surface area contributed by atoms with E-state index >= 15 is 0 Å². The van der Waals surface area contributed by atoms with Gasteiger partial charge in [0.15, 0.2) is 6.29 Å². The third-order valence-corrected chi connectivity index (χ3v) is 2.21. The topological polar surface area (TPSA) is 56.5 Å². The van der Waals surface area contributed by atoms with E-state index in [1.165, 1.54) is 7.11 Å². The molecule has 0 amide bonds. The van der Waals surface area contributed by atoms with E-state index in [2.05, 4.69) is 11.8 Å². The van der Waals surface area contributed by atoms with Crippen LogP contribution in [-0.4, -0.2) is 13.4 Å². The Morgan fingerprint density at radius 3 is 2.88 bits per heavy atom. The van der Waals surface area contributed by atoms with Gasteiger partial charge in [0.1, 0.15) is 16.9 Å². The summed E-state index contributed by atoms with van der Waals surface area (Å²) in [4.78, 5) is 21.6. The molecule has 0 fully saturated rings. The molecule has 1 aromatic carbocycles. The number of methoxy groups -OCH3 is 1. The van der Waals surface area contributed by atoms with E-state index in [1.807, 2.05) is 0 Å². The van der Waals surface area contributed by atoms with Crippen molar-refractivity contribution in [3.05, 3.63) is 40.2 Å². The van der Waals surface area contributed by atoms with Crippen molar-refractivity contribution >= 4 is 17.3 Å². The lowest BCUT2D eigenvalue weighted by Crippen LogP contribution is -2.03. The van der Waals surface area contributed by atoms with Crippen molar-refractivity contribution in [1.82, 2.24) is 0 Å². The molecule has 17 heavy (non-hydrogen) atoms. The van der Waals surface area contributed by atoms with Crippen LogP contribution in [0, 0.1) is 11.8 Å². The summed E-state index contributed by atoms with van der Waals surface area (Å²) in [5.74, 6) is 5.21. The van der Waals surface area contributed by atoms with Gasteiger partial charge in [-0.3, -0.25) is 4.79 Å². The molecule has 0 saturated heterocycles. The Kier molecular flexibility index (Phi) is 2.93. The molecule has 0 radical (unpaired) electrons. The van der Waals surface area contributed by atoms with Gasteiger partial charge in [-0.15, -0.1) is 0 Å². The molecule has 0 aliphatic rings. The van der Waals surface area contributed by atoms with Crippen LogP contribution >= 0.6 is 0 Å². The zero-order chi connectivity index (χ0) is 12.3. The smallest absolute Gasteiger partial charge is 0.352 e. The number of hydrogen-bond acceptors (Lipinski definition) is 4. The van der Waals surface area contributed by atoms with Gasteiger partial charge in [0.05, 0.1) is 7.11 Å². The quantitative estimate of drug-likeness (QED) is 0.420. The number of rotatable bonds is 1. The van der Waals surface area contributed by atoms with E-state index < -0.39 is 5.63 Å². The largest absolute Gasteiger partial charge is 0.497 e. The van der Waals surface area contributed by atoms with Crippen LogP contribution in [0.4, 0.5) is 0 Å². The Balaban J connectivity index is 2.66. The number of fused-ring (bicyclic) bond motifs is 1. The Bertz CT molecular complexity index is 686. The first-order chi connectivity index (χ1) is 8.24. The van der Waals surface area contributed by atoms with Crippen LogP contribution in [-0.2, 0) is 4.79 Å². The highest BCUT2D eigenvalue weighted by Gasteiger charge is 2.04. The van der Waals surface area contributed by atoms with E-state index in [4.69, 9.17) is 9.15 Å². The summed E-state index contributed by atoms with van der Waals surface area (Å²) in [7, 11) is 1.53. The molecular formula is C13H8O4. The van der Waals surface area contributed by atoms with Crippen LogP contribution in [0.5, 0.6) is 5.75 Å². The monoisotopic (exact) mass is 228 g/mol. The van der Waals surface area contributed by atoms with Crippen molar-refractivity contribution in [3.8, 4) is 17.6 Å². The minimum atomic E-state index is -0.569. The summed E-state index contributed by atoms with van der Waals surface area (Å²) >= 11 is 0. The molecule has 84 valence electrons. The normalized spacial score (nSPS) is 9.47. The second kappa shape index (κ2) is 4.54. The van der Waals surface area contributed by atoms with E-state index in [0.29, 0.717) is 17.6 Å². The second-order valence-electron chi connectivity index (χ2n) is 3.24. The Morgan fingerprint density at radius 2 is 2.18 bits per heavy atom. The first kappa shape index (κ1) is 11.0. The fourth-order valence-electron chi connectivity index (χ4n) is 1.41. The summed E-state index contributed by atoms with van der Waals surface area (Å²) < 4.78 is 10.1. The van der Waals surface area contributed by atoms with Gasteiger partial charge < -0.3 is 9.15 Å². The molecule has 4 nitrogen and oxygen atoms in total. The van der Waals surface area contributed by atoms with E-state index in [9.17, 15) is 9.59 Å². The van der Waals surface area contributed by atoms with Gasteiger partial charge in [0.25, 0.3) is 0 Å². The standard InChI is InChI=1S/C13H8O4/c1-16-11-5-4-9-7-10(3-2-6-14)13(15)17-12(9)8-11/h4-8H,1H3. The zero-order valence-corrected chi connectivity index (χ0v) is 9.02. The molecule has 2 rings (SSSR count). The number of ether oxygens (including phenoxy) is 1. The lowest BCUT2D eigenvalue weighted by atomic mass is 10.2. The van der Waals surface area contributed by atoms with Gasteiger partial charge in [-0.1, -0.05) is 5.92 Å². The number of benzene rings is 1. The van der Waals surface area contributed by atoms with Crippen molar-refractivity contribution in [3.63, 3.8) is 0 Å². The predicted octanol–water partition coefficient (Wildman–Crippen LogP) is 1.35. The van der Waals surface area contributed by atoms with Crippen LogP contribution in [0.3, 0.4) is 0 Å². The minimum absolute atomic E-state index is 0.162. The highest BCUT2D eigenvalue weighted by molar-refractivity contribution is 5.80. The fraction of sp³-hybridized carbons (Fsp3) is 0.0769. The van der Waals surface area contributed by atoms with Crippen molar-refractivity contribution in [2.45, 2.75) is 0 Å². The van der Waals surface area contributed by atoms with Gasteiger partial charge in [0.2, 0.25) is 0 Å². The maximum atomic E-state index is 11.5. The van der Waals surface area contributed by atoms with Crippen LogP contribution < -0.4 is 10.4 Å². The molecule has 0 spiro atoms. The Labute approximate surface area is 96.8 Å². The molecule has 1 aromatic heterocycles. The molecule has 0 N–H and O–H groups in total. The molecule has 4 heteroatoms. The van der Waals surface area contributed by atoms with Gasteiger partial charge >= 0.3 is 5.63 Å². The molecular weight excluding hydrogens is 220 g/mol. The van der Waals surface area contributed by atoms with Gasteiger partial charge in [-0.25, -0.2) is 4.79 Å². The highest BCUT2D eigenvalue weighted by Crippen LogP contribution is 2.19. The summed E-state index contributed by atoms with van der Waals surface area (Å²) in [6.45, 7) is 0. The van der Waals surface area contributed by atoms with Crippen molar-refractivity contribution in [1.29, 1.82) is 0 Å². The third-order valence-electron chi connectivity index (χ3n) is 2.21. The number of carbonyl (C=O) groups excluding carboxylic acids is 1. The minimum Gasteiger partial charge on any atom is -0.497 e. The van der Waals surface area contributed by atoms with Crippen LogP contribution in [0.2, 0.25) is 0 Å². The first-order valence-electron chi connectivity index (χ1n) is 4.81. The zero-order valence-electron chi connectivity index (χ0n) is 9.02. The summed E-state index contributed by atoms with van der Waals surface area (Å²) in [6, 6.07) is 6.70. The highest BCUT2D eigenvalue weighted by atomic mass is 16.5. The van der Waals surface area contributed by atoms with E-state index in [0.717, 1.165) is 5.39 Å². The molecule has 0 aliphatic carbocycles. The molecule has 0 aliphatic heterocycles. The van der Waals surface area contributed by atoms with Crippen LogP contribution in [0.25, 0.3) is 11.0 Å². The van der Waals surface area contributed by atoms with Crippen LogP contribution in [0.15, 0.2) is 33.5 Å². The lowest BCUT2D eigenvalue weighted by Gasteiger charge is -2.01. The summed E-state index contributed by atoms with van der Waals surface area (Å²) in [5.41, 5.74) is 0.0147. The maximum absolute atomic E-state index is 11.5. The fourth-order valence-corrected chi connectivity index (χ4v) is 1.41. The summed E-state index contributed by atoms with van der Waals surface area (Å²) in [5, 5.41) is 0.723.